The monoisotopic (exact) mass is 357 g/mol. The Labute approximate surface area is 145 Å². The van der Waals surface area contributed by atoms with Crippen molar-refractivity contribution in [2.45, 2.75) is 11.8 Å². The van der Waals surface area contributed by atoms with Crippen molar-refractivity contribution in [3.05, 3.63) is 65.2 Å². The van der Waals surface area contributed by atoms with Crippen LogP contribution in [0.1, 0.15) is 15.9 Å². The van der Waals surface area contributed by atoms with Gasteiger partial charge in [0, 0.05) is 6.07 Å². The van der Waals surface area contributed by atoms with Crippen molar-refractivity contribution in [2.75, 3.05) is 7.05 Å². The highest BCUT2D eigenvalue weighted by Gasteiger charge is 2.33. The number of para-hydroxylation sites is 1. The van der Waals surface area contributed by atoms with Gasteiger partial charge in [-0.3, -0.25) is 4.79 Å². The van der Waals surface area contributed by atoms with Gasteiger partial charge < -0.3 is 10.1 Å². The van der Waals surface area contributed by atoms with Gasteiger partial charge in [-0.25, -0.2) is 8.42 Å². The third-order valence-electron chi connectivity index (χ3n) is 3.49. The van der Waals surface area contributed by atoms with Gasteiger partial charge in [-0.15, -0.1) is 0 Å². The summed E-state index contributed by atoms with van der Waals surface area (Å²) < 4.78 is 32.9. The molecular weight excluding hydrogens is 342 g/mol. The Morgan fingerprint density at radius 2 is 1.68 bits per heavy atom. The number of Topliss-reactive ketones (excluding diaryl/α,β-unsaturated/α-hetero) is 1. The number of ketones is 1. The van der Waals surface area contributed by atoms with E-state index in [1.807, 2.05) is 19.1 Å². The van der Waals surface area contributed by atoms with E-state index in [-0.39, 0.29) is 16.4 Å². The summed E-state index contributed by atoms with van der Waals surface area (Å²) in [5.41, 5.74) is 11.0. The van der Waals surface area contributed by atoms with Crippen LogP contribution in [-0.4, -0.2) is 47.1 Å². The average Bonchev–Trinajstić information content (AvgIpc) is 2.58. The van der Waals surface area contributed by atoms with Gasteiger partial charge in [0.05, 0.1) is 4.90 Å². The Bertz CT molecular complexity index is 1000. The van der Waals surface area contributed by atoms with E-state index in [4.69, 9.17) is 5.53 Å². The van der Waals surface area contributed by atoms with Gasteiger partial charge in [-0.2, -0.15) is 9.37 Å². The summed E-state index contributed by atoms with van der Waals surface area (Å²) in [5, 5.41) is 0. The maximum atomic E-state index is 11.6. The number of aryl methyl sites for hydroxylation is 1. The first-order valence-corrected chi connectivity index (χ1v) is 8.61. The molecule has 0 aromatic heterocycles. The van der Waals surface area contributed by atoms with Crippen LogP contribution in [0.15, 0.2) is 53.4 Å². The summed E-state index contributed by atoms with van der Waals surface area (Å²) in [6, 6.07) is 13.0. The molecule has 7 nitrogen and oxygen atoms in total. The SMILES string of the molecule is C[N+]1=CC(=[N+]=[N-])C(=O)c2ccccc21.Cc1ccc(S(=O)(=O)[O-])cc1. The molecule has 0 saturated heterocycles. The molecule has 1 aliphatic rings. The van der Waals surface area contributed by atoms with Crippen molar-refractivity contribution >= 4 is 33.5 Å². The van der Waals surface area contributed by atoms with Gasteiger partial charge in [0.2, 0.25) is 5.69 Å². The smallest absolute Gasteiger partial charge is 0.425 e. The van der Waals surface area contributed by atoms with Crippen LogP contribution in [0, 0.1) is 6.92 Å². The molecule has 2 aromatic rings. The Kier molecular flexibility index (Phi) is 5.38. The maximum absolute atomic E-state index is 11.6. The number of carbonyl (C=O) groups excluding carboxylic acids is 1. The molecule has 25 heavy (non-hydrogen) atoms. The van der Waals surface area contributed by atoms with Crippen molar-refractivity contribution in [1.82, 2.24) is 0 Å². The lowest BCUT2D eigenvalue weighted by Gasteiger charge is -2.05. The van der Waals surface area contributed by atoms with E-state index in [0.717, 1.165) is 11.3 Å². The van der Waals surface area contributed by atoms with Crippen molar-refractivity contribution < 1.29 is 27.1 Å². The number of benzene rings is 2. The first kappa shape index (κ1) is 18.4. The largest absolute Gasteiger partial charge is 0.744 e. The summed E-state index contributed by atoms with van der Waals surface area (Å²) in [5.74, 6) is -0.249. The molecule has 2 aromatic carbocycles. The van der Waals surface area contributed by atoms with Gasteiger partial charge >= 0.3 is 5.71 Å². The van der Waals surface area contributed by atoms with E-state index in [9.17, 15) is 17.8 Å². The third-order valence-corrected chi connectivity index (χ3v) is 4.34. The zero-order chi connectivity index (χ0) is 18.6. The van der Waals surface area contributed by atoms with Crippen LogP contribution in [0.25, 0.3) is 5.53 Å². The van der Waals surface area contributed by atoms with Gasteiger partial charge in [-0.05, 0) is 25.1 Å². The fraction of sp³-hybridized carbons (Fsp3) is 0.118. The van der Waals surface area contributed by atoms with Crippen molar-refractivity contribution in [3.63, 3.8) is 0 Å². The van der Waals surface area contributed by atoms with Crippen LogP contribution in [0.4, 0.5) is 5.69 Å². The van der Waals surface area contributed by atoms with Crippen LogP contribution in [0.2, 0.25) is 0 Å². The van der Waals surface area contributed by atoms with Gasteiger partial charge in [0.15, 0.2) is 0 Å². The Morgan fingerprint density at radius 3 is 2.24 bits per heavy atom. The molecule has 0 radical (unpaired) electrons. The van der Waals surface area contributed by atoms with E-state index < -0.39 is 10.1 Å². The molecule has 8 heteroatoms. The summed E-state index contributed by atoms with van der Waals surface area (Å²) in [4.78, 5) is 14.4. The van der Waals surface area contributed by atoms with Gasteiger partial charge in [0.25, 0.3) is 12.0 Å². The molecule has 0 unspecified atom stereocenters. The van der Waals surface area contributed by atoms with Crippen molar-refractivity contribution in [3.8, 4) is 0 Å². The molecule has 0 atom stereocenters. The Balaban J connectivity index is 0.000000186. The van der Waals surface area contributed by atoms with E-state index in [1.165, 1.54) is 18.3 Å². The van der Waals surface area contributed by atoms with Crippen LogP contribution in [0.5, 0.6) is 0 Å². The zero-order valence-corrected chi connectivity index (χ0v) is 14.4. The molecule has 0 saturated carbocycles. The minimum absolute atomic E-state index is 0.0613. The molecular formula is C17H15N3O4S. The second-order valence-corrected chi connectivity index (χ2v) is 6.72. The zero-order valence-electron chi connectivity index (χ0n) is 13.6. The average molecular weight is 357 g/mol. The number of nitrogens with zero attached hydrogens (tertiary/aromatic N) is 3. The standard InChI is InChI=1S/C10H8N3O.C7H8O3S/c1-13-6-8(12-11)10(14)7-4-2-3-5-9(7)13;1-6-2-4-7(5-3-6)11(8,9)10/h2-6H,1H3;2-5H,1H3,(H,8,9,10)/q+1;/p-1. The second-order valence-electron chi connectivity index (χ2n) is 5.34. The van der Waals surface area contributed by atoms with Gasteiger partial charge in [0.1, 0.15) is 22.7 Å². The Hall–Kier alpha value is -2.93. The molecule has 3 rings (SSSR count). The highest BCUT2D eigenvalue weighted by Crippen LogP contribution is 2.20. The normalized spacial score (nSPS) is 13.2. The molecule has 0 aliphatic carbocycles. The topological polar surface area (TPSA) is 114 Å². The molecule has 0 fully saturated rings. The molecule has 0 amide bonds. The Morgan fingerprint density at radius 1 is 1.08 bits per heavy atom. The van der Waals surface area contributed by atoms with Crippen molar-refractivity contribution in [1.29, 1.82) is 0 Å². The minimum Gasteiger partial charge on any atom is -0.744 e. The summed E-state index contributed by atoms with van der Waals surface area (Å²) in [6.45, 7) is 1.82. The number of fused-ring (bicyclic) bond motifs is 1. The van der Waals surface area contributed by atoms with E-state index in [0.29, 0.717) is 5.56 Å². The number of carbonyl (C=O) groups is 1. The highest BCUT2D eigenvalue weighted by atomic mass is 32.2. The van der Waals surface area contributed by atoms with Crippen LogP contribution in [0.3, 0.4) is 0 Å². The summed E-state index contributed by atoms with van der Waals surface area (Å²) in [6.07, 6.45) is 1.50. The van der Waals surface area contributed by atoms with E-state index >= 15 is 0 Å². The predicted octanol–water partition coefficient (Wildman–Crippen LogP) is 1.80. The molecule has 0 N–H and O–H groups in total. The molecule has 1 heterocycles. The van der Waals surface area contributed by atoms with Crippen molar-refractivity contribution in [2.24, 2.45) is 0 Å². The number of rotatable bonds is 1. The number of hydrogen-bond acceptors (Lipinski definition) is 4. The molecule has 0 bridgehead atoms. The van der Waals surface area contributed by atoms with Crippen LogP contribution < -0.4 is 0 Å². The number of hydrogen-bond donors (Lipinski definition) is 0. The van der Waals surface area contributed by atoms with E-state index in [2.05, 4.69) is 4.79 Å². The fourth-order valence-corrected chi connectivity index (χ4v) is 2.67. The van der Waals surface area contributed by atoms with Crippen LogP contribution >= 0.6 is 0 Å². The highest BCUT2D eigenvalue weighted by molar-refractivity contribution is 7.85. The van der Waals surface area contributed by atoms with E-state index in [1.54, 1.807) is 35.9 Å². The lowest BCUT2D eigenvalue weighted by molar-refractivity contribution is -0.399. The molecule has 1 aliphatic heterocycles. The maximum Gasteiger partial charge on any atom is 0.425 e. The summed E-state index contributed by atoms with van der Waals surface area (Å²) in [7, 11) is -2.47. The fourth-order valence-electron chi connectivity index (χ4n) is 2.20. The second kappa shape index (κ2) is 7.31. The minimum atomic E-state index is -4.27. The third kappa shape index (κ3) is 4.33. The van der Waals surface area contributed by atoms with Gasteiger partial charge in [-0.1, -0.05) is 29.8 Å². The molecule has 128 valence electrons. The first-order valence-electron chi connectivity index (χ1n) is 7.20. The quantitative estimate of drug-likeness (QED) is 0.335. The lowest BCUT2D eigenvalue weighted by Crippen LogP contribution is -2.27. The predicted molar refractivity (Wildman–Crippen MR) is 90.4 cm³/mol. The molecule has 0 spiro atoms. The lowest BCUT2D eigenvalue weighted by atomic mass is 10.0. The first-order chi connectivity index (χ1) is 11.7. The summed E-state index contributed by atoms with van der Waals surface area (Å²) >= 11 is 0. The van der Waals surface area contributed by atoms with Crippen LogP contribution in [-0.2, 0) is 10.1 Å².